The average molecular weight is 417 g/mol. The number of halogens is 4. The van der Waals surface area contributed by atoms with Gasteiger partial charge < -0.3 is 9.88 Å². The van der Waals surface area contributed by atoms with Gasteiger partial charge in [-0.2, -0.15) is 13.2 Å². The number of nitrogens with zero attached hydrogens (tertiary/aromatic N) is 4. The molecular formula is C15H11F4N5OS2. The maximum atomic E-state index is 12.9. The van der Waals surface area contributed by atoms with Gasteiger partial charge in [0, 0.05) is 18.0 Å². The number of carbonyl (C=O) groups excluding carboxylic acids is 1. The van der Waals surface area contributed by atoms with Crippen LogP contribution in [0.1, 0.15) is 5.82 Å². The molecule has 0 aliphatic rings. The van der Waals surface area contributed by atoms with Gasteiger partial charge in [0.25, 0.3) is 0 Å². The van der Waals surface area contributed by atoms with Gasteiger partial charge in [0.2, 0.25) is 11.7 Å². The van der Waals surface area contributed by atoms with Gasteiger partial charge in [-0.05, 0) is 24.3 Å². The fourth-order valence-electron chi connectivity index (χ4n) is 2.06. The van der Waals surface area contributed by atoms with Crippen molar-refractivity contribution < 1.29 is 22.4 Å². The van der Waals surface area contributed by atoms with Crippen LogP contribution >= 0.6 is 23.1 Å². The minimum Gasteiger partial charge on any atom is -0.302 e. The van der Waals surface area contributed by atoms with Crippen molar-refractivity contribution in [2.45, 2.75) is 11.3 Å². The summed E-state index contributed by atoms with van der Waals surface area (Å²) in [4.78, 5) is 16.2. The van der Waals surface area contributed by atoms with Gasteiger partial charge in [-0.3, -0.25) is 4.79 Å². The van der Waals surface area contributed by atoms with Crippen LogP contribution in [0, 0.1) is 5.82 Å². The summed E-state index contributed by atoms with van der Waals surface area (Å²) in [7, 11) is 1.18. The number of carbonyl (C=O) groups is 1. The number of hydrogen-bond donors (Lipinski definition) is 1. The topological polar surface area (TPSA) is 72.7 Å². The van der Waals surface area contributed by atoms with E-state index in [1.165, 1.54) is 30.5 Å². The Morgan fingerprint density at radius 3 is 2.59 bits per heavy atom. The molecule has 0 saturated carbocycles. The predicted octanol–water partition coefficient (Wildman–Crippen LogP) is 3.83. The van der Waals surface area contributed by atoms with E-state index < -0.39 is 17.9 Å². The molecule has 1 aromatic carbocycles. The van der Waals surface area contributed by atoms with Crippen LogP contribution in [0.3, 0.4) is 0 Å². The van der Waals surface area contributed by atoms with Gasteiger partial charge in [-0.15, -0.1) is 21.5 Å². The zero-order valence-corrected chi connectivity index (χ0v) is 15.3. The molecule has 2 aromatic heterocycles. The predicted molar refractivity (Wildman–Crippen MR) is 92.9 cm³/mol. The van der Waals surface area contributed by atoms with Gasteiger partial charge in [0.15, 0.2) is 10.3 Å². The lowest BCUT2D eigenvalue weighted by molar-refractivity contribution is -0.147. The quantitative estimate of drug-likeness (QED) is 0.505. The van der Waals surface area contributed by atoms with E-state index in [9.17, 15) is 22.4 Å². The number of amides is 1. The first-order valence-electron chi connectivity index (χ1n) is 7.35. The Hall–Kier alpha value is -2.47. The number of nitrogens with one attached hydrogen (secondary N) is 1. The van der Waals surface area contributed by atoms with E-state index in [1.807, 2.05) is 0 Å². The second-order valence-electron chi connectivity index (χ2n) is 5.24. The molecule has 3 aromatic rings. The highest BCUT2D eigenvalue weighted by molar-refractivity contribution is 7.99. The minimum atomic E-state index is -4.61. The molecule has 0 unspecified atom stereocenters. The van der Waals surface area contributed by atoms with Gasteiger partial charge in [0.1, 0.15) is 5.82 Å². The van der Waals surface area contributed by atoms with Crippen molar-refractivity contribution in [2.24, 2.45) is 7.05 Å². The van der Waals surface area contributed by atoms with Gasteiger partial charge in [-0.1, -0.05) is 11.8 Å². The smallest absolute Gasteiger partial charge is 0.302 e. The van der Waals surface area contributed by atoms with Crippen molar-refractivity contribution in [1.82, 2.24) is 19.7 Å². The standard InChI is InChI=1S/C15H11F4N5OS2/c1-24-12(15(17,18)19)22-23-14(24)27-7-11(25)21-13-20-10(6-26-13)8-2-4-9(16)5-3-8/h2-6H,7H2,1H3,(H,20,21,25). The van der Waals surface area contributed by atoms with Gasteiger partial charge in [0.05, 0.1) is 11.4 Å². The van der Waals surface area contributed by atoms with Crippen molar-refractivity contribution in [3.05, 3.63) is 41.3 Å². The molecule has 1 amide bonds. The van der Waals surface area contributed by atoms with Crippen LogP contribution in [0.25, 0.3) is 11.3 Å². The van der Waals surface area contributed by atoms with Crippen LogP contribution in [0.4, 0.5) is 22.7 Å². The summed E-state index contributed by atoms with van der Waals surface area (Å²) < 4.78 is 51.8. The summed E-state index contributed by atoms with van der Waals surface area (Å²) in [5.74, 6) is -2.10. The number of alkyl halides is 3. The van der Waals surface area contributed by atoms with Crippen molar-refractivity contribution in [2.75, 3.05) is 11.1 Å². The molecule has 0 aliphatic carbocycles. The molecule has 1 N–H and O–H groups in total. The summed E-state index contributed by atoms with van der Waals surface area (Å²) in [5, 5.41) is 11.1. The monoisotopic (exact) mass is 417 g/mol. The zero-order valence-electron chi connectivity index (χ0n) is 13.6. The second-order valence-corrected chi connectivity index (χ2v) is 7.05. The zero-order chi connectivity index (χ0) is 19.6. The first-order chi connectivity index (χ1) is 12.7. The molecule has 6 nitrogen and oxygen atoms in total. The van der Waals surface area contributed by atoms with Crippen LogP contribution in [0.15, 0.2) is 34.8 Å². The summed E-state index contributed by atoms with van der Waals surface area (Å²) in [6, 6.07) is 5.75. The molecule has 3 rings (SSSR count). The maximum Gasteiger partial charge on any atom is 0.451 e. The van der Waals surface area contributed by atoms with Gasteiger partial charge >= 0.3 is 6.18 Å². The van der Waals surface area contributed by atoms with Crippen LogP contribution in [0.5, 0.6) is 0 Å². The average Bonchev–Trinajstić information content (AvgIpc) is 3.20. The first-order valence-corrected chi connectivity index (χ1v) is 9.21. The summed E-state index contributed by atoms with van der Waals surface area (Å²) in [6.07, 6.45) is -4.61. The van der Waals surface area contributed by atoms with E-state index in [4.69, 9.17) is 0 Å². The van der Waals surface area contributed by atoms with E-state index in [2.05, 4.69) is 20.5 Å². The van der Waals surface area contributed by atoms with Crippen molar-refractivity contribution in [1.29, 1.82) is 0 Å². The van der Waals surface area contributed by atoms with E-state index in [0.717, 1.165) is 16.3 Å². The number of thioether (sulfide) groups is 1. The number of rotatable bonds is 5. The number of hydrogen-bond acceptors (Lipinski definition) is 6. The highest BCUT2D eigenvalue weighted by Crippen LogP contribution is 2.30. The van der Waals surface area contributed by atoms with Crippen molar-refractivity contribution >= 4 is 34.1 Å². The highest BCUT2D eigenvalue weighted by Gasteiger charge is 2.37. The Morgan fingerprint density at radius 2 is 1.96 bits per heavy atom. The van der Waals surface area contributed by atoms with E-state index in [-0.39, 0.29) is 16.7 Å². The Labute approximate surface area is 158 Å². The Kier molecular flexibility index (Phi) is 5.46. The Bertz CT molecular complexity index is 952. The molecule has 0 atom stereocenters. The van der Waals surface area contributed by atoms with E-state index >= 15 is 0 Å². The van der Waals surface area contributed by atoms with Crippen LogP contribution in [-0.2, 0) is 18.0 Å². The number of aromatic nitrogens is 4. The molecular weight excluding hydrogens is 406 g/mol. The molecule has 0 spiro atoms. The lowest BCUT2D eigenvalue weighted by Crippen LogP contribution is -2.15. The third-order valence-electron chi connectivity index (χ3n) is 3.31. The Morgan fingerprint density at radius 1 is 1.26 bits per heavy atom. The molecule has 0 saturated heterocycles. The third kappa shape index (κ3) is 4.63. The molecule has 0 radical (unpaired) electrons. The summed E-state index contributed by atoms with van der Waals surface area (Å²) in [6.45, 7) is 0. The third-order valence-corrected chi connectivity index (χ3v) is 5.09. The molecule has 2 heterocycles. The van der Waals surface area contributed by atoms with Crippen LogP contribution in [-0.4, -0.2) is 31.4 Å². The van der Waals surface area contributed by atoms with E-state index in [0.29, 0.717) is 16.4 Å². The fourth-order valence-corrected chi connectivity index (χ4v) is 3.50. The largest absolute Gasteiger partial charge is 0.451 e. The minimum absolute atomic E-state index is 0.0244. The highest BCUT2D eigenvalue weighted by atomic mass is 32.2. The lowest BCUT2D eigenvalue weighted by Gasteiger charge is -2.06. The molecule has 12 heteroatoms. The van der Waals surface area contributed by atoms with Gasteiger partial charge in [-0.25, -0.2) is 9.37 Å². The number of thiazole rings is 1. The lowest BCUT2D eigenvalue weighted by atomic mass is 10.2. The second kappa shape index (κ2) is 7.64. The number of benzene rings is 1. The van der Waals surface area contributed by atoms with Crippen LogP contribution < -0.4 is 5.32 Å². The number of anilines is 1. The SMILES string of the molecule is Cn1c(SCC(=O)Nc2nc(-c3ccc(F)cc3)cs2)nnc1C(F)(F)F. The van der Waals surface area contributed by atoms with Crippen LogP contribution in [0.2, 0.25) is 0 Å². The summed E-state index contributed by atoms with van der Waals surface area (Å²) in [5.41, 5.74) is 1.27. The molecule has 27 heavy (non-hydrogen) atoms. The normalized spacial score (nSPS) is 11.6. The van der Waals surface area contributed by atoms with Crippen molar-refractivity contribution in [3.63, 3.8) is 0 Å². The van der Waals surface area contributed by atoms with E-state index in [1.54, 1.807) is 17.5 Å². The fraction of sp³-hybridized carbons (Fsp3) is 0.200. The molecule has 0 fully saturated rings. The first kappa shape index (κ1) is 19.3. The van der Waals surface area contributed by atoms with Crippen molar-refractivity contribution in [3.8, 4) is 11.3 Å². The molecule has 142 valence electrons. The Balaban J connectivity index is 1.59. The molecule has 0 bridgehead atoms. The molecule has 0 aliphatic heterocycles. The summed E-state index contributed by atoms with van der Waals surface area (Å²) >= 11 is 2.01. The maximum absolute atomic E-state index is 12.9.